The molecule has 0 saturated carbocycles. The number of aliphatic carboxylic acids is 1. The van der Waals surface area contributed by atoms with Crippen molar-refractivity contribution in [2.45, 2.75) is 19.9 Å². The van der Waals surface area contributed by atoms with Gasteiger partial charge in [0.2, 0.25) is 0 Å². The number of ether oxygens (including phenoxy) is 1. The Morgan fingerprint density at radius 3 is 2.52 bits per heavy atom. The summed E-state index contributed by atoms with van der Waals surface area (Å²) in [6.45, 7) is 2.68. The molecular formula is C19H19NO3. The topological polar surface area (TPSA) is 51.5 Å². The Balaban J connectivity index is 2.21. The molecule has 3 aromatic rings. The van der Waals surface area contributed by atoms with Crippen molar-refractivity contribution in [2.24, 2.45) is 0 Å². The maximum absolute atomic E-state index is 11.3. The molecule has 0 radical (unpaired) electrons. The highest BCUT2D eigenvalue weighted by molar-refractivity contribution is 5.94. The number of rotatable bonds is 5. The lowest BCUT2D eigenvalue weighted by molar-refractivity contribution is -0.136. The summed E-state index contributed by atoms with van der Waals surface area (Å²) >= 11 is 0. The predicted octanol–water partition coefficient (Wildman–Crippen LogP) is 3.63. The first-order chi connectivity index (χ1) is 11.1. The van der Waals surface area contributed by atoms with Crippen molar-refractivity contribution in [3.05, 3.63) is 65.4 Å². The maximum Gasteiger partial charge on any atom is 0.307 e. The normalized spacial score (nSPS) is 10.9. The van der Waals surface area contributed by atoms with Gasteiger partial charge in [-0.15, -0.1) is 0 Å². The number of fused-ring (bicyclic) bond motifs is 1. The summed E-state index contributed by atoms with van der Waals surface area (Å²) in [4.78, 5) is 11.3. The Hall–Kier alpha value is -2.75. The SMILES string of the molecule is COc1cccc2c1c(CC(=O)O)c(C)n2Cc1ccccc1. The lowest BCUT2D eigenvalue weighted by atomic mass is 10.1. The first kappa shape index (κ1) is 15.2. The van der Waals surface area contributed by atoms with Crippen molar-refractivity contribution in [1.82, 2.24) is 4.57 Å². The third-order valence-electron chi connectivity index (χ3n) is 4.17. The van der Waals surface area contributed by atoms with Gasteiger partial charge in [0, 0.05) is 17.6 Å². The molecule has 23 heavy (non-hydrogen) atoms. The van der Waals surface area contributed by atoms with E-state index >= 15 is 0 Å². The monoisotopic (exact) mass is 309 g/mol. The number of carboxylic acids is 1. The van der Waals surface area contributed by atoms with E-state index in [0.29, 0.717) is 12.3 Å². The number of hydrogen-bond donors (Lipinski definition) is 1. The van der Waals surface area contributed by atoms with Crippen LogP contribution in [0, 0.1) is 6.92 Å². The second-order valence-corrected chi connectivity index (χ2v) is 5.56. The number of carboxylic acid groups (broad SMARTS) is 1. The van der Waals surface area contributed by atoms with Crippen LogP contribution in [0.5, 0.6) is 5.75 Å². The molecule has 4 heteroatoms. The van der Waals surface area contributed by atoms with Crippen molar-refractivity contribution in [1.29, 1.82) is 0 Å². The van der Waals surface area contributed by atoms with E-state index in [1.165, 1.54) is 5.56 Å². The zero-order chi connectivity index (χ0) is 16.4. The number of nitrogens with zero attached hydrogens (tertiary/aromatic N) is 1. The van der Waals surface area contributed by atoms with Crippen LogP contribution in [-0.2, 0) is 17.8 Å². The Morgan fingerprint density at radius 2 is 1.87 bits per heavy atom. The summed E-state index contributed by atoms with van der Waals surface area (Å²) in [5.41, 5.74) is 3.97. The molecule has 0 fully saturated rings. The number of aromatic nitrogens is 1. The van der Waals surface area contributed by atoms with Gasteiger partial charge in [-0.05, 0) is 30.2 Å². The quantitative estimate of drug-likeness (QED) is 0.783. The molecule has 3 rings (SSSR count). The van der Waals surface area contributed by atoms with Crippen molar-refractivity contribution in [3.63, 3.8) is 0 Å². The molecule has 0 atom stereocenters. The Kier molecular flexibility index (Phi) is 4.06. The third-order valence-corrected chi connectivity index (χ3v) is 4.17. The van der Waals surface area contributed by atoms with Crippen LogP contribution in [-0.4, -0.2) is 22.8 Å². The van der Waals surface area contributed by atoms with Gasteiger partial charge in [-0.2, -0.15) is 0 Å². The Labute approximate surface area is 134 Å². The molecule has 2 aromatic carbocycles. The van der Waals surface area contributed by atoms with Crippen molar-refractivity contribution in [2.75, 3.05) is 7.11 Å². The summed E-state index contributed by atoms with van der Waals surface area (Å²) in [6.07, 6.45) is -0.00943. The van der Waals surface area contributed by atoms with Gasteiger partial charge in [0.1, 0.15) is 5.75 Å². The van der Waals surface area contributed by atoms with Gasteiger partial charge in [-0.25, -0.2) is 0 Å². The minimum absolute atomic E-state index is 0.00943. The second-order valence-electron chi connectivity index (χ2n) is 5.56. The Morgan fingerprint density at radius 1 is 1.13 bits per heavy atom. The van der Waals surface area contributed by atoms with E-state index in [0.717, 1.165) is 22.2 Å². The largest absolute Gasteiger partial charge is 0.496 e. The molecular weight excluding hydrogens is 290 g/mol. The zero-order valence-electron chi connectivity index (χ0n) is 13.2. The average Bonchev–Trinajstić information content (AvgIpc) is 2.81. The molecule has 0 aliphatic rings. The van der Waals surface area contributed by atoms with Crippen LogP contribution >= 0.6 is 0 Å². The molecule has 0 bridgehead atoms. The highest BCUT2D eigenvalue weighted by atomic mass is 16.5. The fraction of sp³-hybridized carbons (Fsp3) is 0.211. The molecule has 0 amide bonds. The Bertz CT molecular complexity index is 850. The molecule has 118 valence electrons. The van der Waals surface area contributed by atoms with Crippen molar-refractivity contribution >= 4 is 16.9 Å². The number of methoxy groups -OCH3 is 1. The van der Waals surface area contributed by atoms with E-state index in [4.69, 9.17) is 4.74 Å². The molecule has 0 aliphatic heterocycles. The molecule has 0 saturated heterocycles. The van der Waals surface area contributed by atoms with Gasteiger partial charge in [0.15, 0.2) is 0 Å². The summed E-state index contributed by atoms with van der Waals surface area (Å²) in [7, 11) is 1.61. The van der Waals surface area contributed by atoms with Crippen molar-refractivity contribution in [3.8, 4) is 5.75 Å². The zero-order valence-corrected chi connectivity index (χ0v) is 13.2. The van der Waals surface area contributed by atoms with Crippen LogP contribution in [0.1, 0.15) is 16.8 Å². The highest BCUT2D eigenvalue weighted by Crippen LogP contribution is 2.34. The molecule has 0 unspecified atom stereocenters. The molecule has 0 aliphatic carbocycles. The van der Waals surface area contributed by atoms with Gasteiger partial charge in [-0.1, -0.05) is 36.4 Å². The standard InChI is InChI=1S/C19H19NO3/c1-13-15(11-18(21)22)19-16(9-6-10-17(19)23-2)20(13)12-14-7-4-3-5-8-14/h3-10H,11-12H2,1-2H3,(H,21,22). The molecule has 1 aromatic heterocycles. The number of carbonyl (C=O) groups is 1. The van der Waals surface area contributed by atoms with E-state index in [1.54, 1.807) is 7.11 Å². The van der Waals surface area contributed by atoms with Crippen LogP contribution in [0.3, 0.4) is 0 Å². The second kappa shape index (κ2) is 6.16. The van der Waals surface area contributed by atoms with E-state index in [9.17, 15) is 9.90 Å². The number of benzene rings is 2. The van der Waals surface area contributed by atoms with Crippen LogP contribution in [0.2, 0.25) is 0 Å². The third kappa shape index (κ3) is 2.80. The van der Waals surface area contributed by atoms with Crippen LogP contribution in [0.25, 0.3) is 10.9 Å². The summed E-state index contributed by atoms with van der Waals surface area (Å²) < 4.78 is 7.62. The van der Waals surface area contributed by atoms with Gasteiger partial charge >= 0.3 is 5.97 Å². The van der Waals surface area contributed by atoms with E-state index in [-0.39, 0.29) is 6.42 Å². The first-order valence-electron chi connectivity index (χ1n) is 7.52. The average molecular weight is 309 g/mol. The van der Waals surface area contributed by atoms with Crippen molar-refractivity contribution < 1.29 is 14.6 Å². The lowest BCUT2D eigenvalue weighted by Crippen LogP contribution is -2.05. The molecule has 1 N–H and O–H groups in total. The van der Waals surface area contributed by atoms with Gasteiger partial charge < -0.3 is 14.4 Å². The molecule has 1 heterocycles. The highest BCUT2D eigenvalue weighted by Gasteiger charge is 2.19. The van der Waals surface area contributed by atoms with Crippen LogP contribution < -0.4 is 4.74 Å². The fourth-order valence-corrected chi connectivity index (χ4v) is 3.08. The smallest absolute Gasteiger partial charge is 0.307 e. The van der Waals surface area contributed by atoms with Gasteiger partial charge in [0.05, 0.1) is 19.0 Å². The van der Waals surface area contributed by atoms with E-state index in [2.05, 4.69) is 16.7 Å². The first-order valence-corrected chi connectivity index (χ1v) is 7.52. The lowest BCUT2D eigenvalue weighted by Gasteiger charge is -2.09. The van der Waals surface area contributed by atoms with Crippen LogP contribution in [0.4, 0.5) is 0 Å². The van der Waals surface area contributed by atoms with E-state index < -0.39 is 5.97 Å². The summed E-state index contributed by atoms with van der Waals surface area (Å²) in [5, 5.41) is 10.2. The molecule has 0 spiro atoms. The van der Waals surface area contributed by atoms with Gasteiger partial charge in [0.25, 0.3) is 0 Å². The van der Waals surface area contributed by atoms with Crippen LogP contribution in [0.15, 0.2) is 48.5 Å². The number of hydrogen-bond acceptors (Lipinski definition) is 2. The summed E-state index contributed by atoms with van der Waals surface area (Å²) in [5.74, 6) is -0.119. The molecule has 4 nitrogen and oxygen atoms in total. The minimum atomic E-state index is -0.835. The maximum atomic E-state index is 11.3. The fourth-order valence-electron chi connectivity index (χ4n) is 3.08. The summed E-state index contributed by atoms with van der Waals surface area (Å²) in [6, 6.07) is 16.0. The minimum Gasteiger partial charge on any atom is -0.496 e. The van der Waals surface area contributed by atoms with E-state index in [1.807, 2.05) is 43.3 Å². The van der Waals surface area contributed by atoms with Gasteiger partial charge in [-0.3, -0.25) is 4.79 Å². The predicted molar refractivity (Wildman–Crippen MR) is 90.1 cm³/mol.